The normalized spacial score (nSPS) is 18.2. The Hall–Kier alpha value is -1.29. The van der Waals surface area contributed by atoms with Gasteiger partial charge in [-0.25, -0.2) is 0 Å². The number of ether oxygens (including phenoxy) is 1. The number of aryl methyl sites for hydroxylation is 1. The molecule has 0 amide bonds. The molecular formula is C9H13N3O. The maximum absolute atomic E-state index is 5.94. The standard InChI is InChI=1S/C9H13N3O/c1-12-5-4-7(11-12)9(10)8-3-2-6-13-8/h3-5,9H,2,6,10H2,1H3. The second-order valence-electron chi connectivity index (χ2n) is 3.14. The van der Waals surface area contributed by atoms with Crippen LogP contribution < -0.4 is 5.73 Å². The smallest absolute Gasteiger partial charge is 0.115 e. The van der Waals surface area contributed by atoms with Crippen LogP contribution in [-0.4, -0.2) is 16.4 Å². The molecule has 2 N–H and O–H groups in total. The number of aromatic nitrogens is 2. The molecule has 4 nitrogen and oxygen atoms in total. The molecule has 1 atom stereocenters. The monoisotopic (exact) mass is 179 g/mol. The first-order valence-corrected chi connectivity index (χ1v) is 4.35. The van der Waals surface area contributed by atoms with Crippen molar-refractivity contribution in [2.24, 2.45) is 12.8 Å². The van der Waals surface area contributed by atoms with Gasteiger partial charge < -0.3 is 10.5 Å². The van der Waals surface area contributed by atoms with Crippen molar-refractivity contribution in [3.05, 3.63) is 29.8 Å². The molecule has 1 aromatic rings. The van der Waals surface area contributed by atoms with Gasteiger partial charge in [-0.15, -0.1) is 0 Å². The zero-order chi connectivity index (χ0) is 9.26. The third-order valence-corrected chi connectivity index (χ3v) is 2.09. The predicted octanol–water partition coefficient (Wildman–Crippen LogP) is 0.724. The minimum atomic E-state index is -0.205. The maximum Gasteiger partial charge on any atom is 0.115 e. The second kappa shape index (κ2) is 3.22. The van der Waals surface area contributed by atoms with Crippen LogP contribution in [0.3, 0.4) is 0 Å². The van der Waals surface area contributed by atoms with Crippen LogP contribution in [0.2, 0.25) is 0 Å². The molecule has 1 aromatic heterocycles. The van der Waals surface area contributed by atoms with E-state index < -0.39 is 0 Å². The first kappa shape index (κ1) is 8.31. The Bertz CT molecular complexity index is 329. The van der Waals surface area contributed by atoms with Crippen LogP contribution in [0.4, 0.5) is 0 Å². The van der Waals surface area contributed by atoms with Gasteiger partial charge in [0, 0.05) is 19.7 Å². The van der Waals surface area contributed by atoms with Crippen molar-refractivity contribution in [2.45, 2.75) is 12.5 Å². The topological polar surface area (TPSA) is 53.1 Å². The molecule has 0 spiro atoms. The largest absolute Gasteiger partial charge is 0.496 e. The summed E-state index contributed by atoms with van der Waals surface area (Å²) in [6.07, 6.45) is 4.86. The Morgan fingerprint density at radius 2 is 2.54 bits per heavy atom. The van der Waals surface area contributed by atoms with Gasteiger partial charge >= 0.3 is 0 Å². The molecule has 13 heavy (non-hydrogen) atoms. The van der Waals surface area contributed by atoms with Crippen LogP contribution in [0.1, 0.15) is 18.2 Å². The van der Waals surface area contributed by atoms with E-state index in [0.29, 0.717) is 0 Å². The Balaban J connectivity index is 2.16. The van der Waals surface area contributed by atoms with Gasteiger partial charge in [0.2, 0.25) is 0 Å². The van der Waals surface area contributed by atoms with E-state index in [1.807, 2.05) is 25.4 Å². The highest BCUT2D eigenvalue weighted by Crippen LogP contribution is 2.22. The number of hydrogen-bond acceptors (Lipinski definition) is 3. The van der Waals surface area contributed by atoms with Gasteiger partial charge in [0.25, 0.3) is 0 Å². The van der Waals surface area contributed by atoms with E-state index in [1.54, 1.807) is 4.68 Å². The van der Waals surface area contributed by atoms with Crippen molar-refractivity contribution in [1.82, 2.24) is 9.78 Å². The maximum atomic E-state index is 5.94. The van der Waals surface area contributed by atoms with E-state index in [2.05, 4.69) is 5.10 Å². The summed E-state index contributed by atoms with van der Waals surface area (Å²) < 4.78 is 7.11. The lowest BCUT2D eigenvalue weighted by molar-refractivity contribution is 0.224. The van der Waals surface area contributed by atoms with Gasteiger partial charge in [-0.3, -0.25) is 4.68 Å². The minimum Gasteiger partial charge on any atom is -0.496 e. The second-order valence-corrected chi connectivity index (χ2v) is 3.14. The Kier molecular flexibility index (Phi) is 2.06. The quantitative estimate of drug-likeness (QED) is 0.728. The van der Waals surface area contributed by atoms with E-state index in [0.717, 1.165) is 24.5 Å². The van der Waals surface area contributed by atoms with Crippen LogP contribution >= 0.6 is 0 Å². The molecule has 0 aliphatic carbocycles. The Labute approximate surface area is 77.0 Å². The molecule has 1 unspecified atom stereocenters. The lowest BCUT2D eigenvalue weighted by atomic mass is 10.2. The summed E-state index contributed by atoms with van der Waals surface area (Å²) in [5.41, 5.74) is 6.80. The molecular weight excluding hydrogens is 166 g/mol. The van der Waals surface area contributed by atoms with Crippen molar-refractivity contribution >= 4 is 0 Å². The predicted molar refractivity (Wildman–Crippen MR) is 48.8 cm³/mol. The third-order valence-electron chi connectivity index (χ3n) is 2.09. The van der Waals surface area contributed by atoms with Crippen LogP contribution in [0.15, 0.2) is 24.1 Å². The molecule has 0 saturated carbocycles. The third kappa shape index (κ3) is 1.58. The zero-order valence-electron chi connectivity index (χ0n) is 7.60. The fraction of sp³-hybridized carbons (Fsp3) is 0.444. The highest BCUT2D eigenvalue weighted by atomic mass is 16.5. The summed E-state index contributed by atoms with van der Waals surface area (Å²) in [4.78, 5) is 0. The van der Waals surface area contributed by atoms with Gasteiger partial charge in [-0.1, -0.05) is 0 Å². The highest BCUT2D eigenvalue weighted by Gasteiger charge is 2.18. The van der Waals surface area contributed by atoms with Crippen LogP contribution in [-0.2, 0) is 11.8 Å². The van der Waals surface area contributed by atoms with Gasteiger partial charge in [0.05, 0.1) is 12.3 Å². The van der Waals surface area contributed by atoms with Gasteiger partial charge in [0.15, 0.2) is 0 Å². The number of nitrogens with two attached hydrogens (primary N) is 1. The van der Waals surface area contributed by atoms with Crippen molar-refractivity contribution in [3.63, 3.8) is 0 Å². The van der Waals surface area contributed by atoms with Gasteiger partial charge in [-0.05, 0) is 12.1 Å². The highest BCUT2D eigenvalue weighted by molar-refractivity contribution is 5.18. The Morgan fingerprint density at radius 3 is 3.08 bits per heavy atom. The minimum absolute atomic E-state index is 0.205. The van der Waals surface area contributed by atoms with Crippen LogP contribution in [0.5, 0.6) is 0 Å². The van der Waals surface area contributed by atoms with Crippen molar-refractivity contribution in [1.29, 1.82) is 0 Å². The molecule has 0 saturated heterocycles. The molecule has 2 rings (SSSR count). The van der Waals surface area contributed by atoms with E-state index in [4.69, 9.17) is 10.5 Å². The average molecular weight is 179 g/mol. The zero-order valence-corrected chi connectivity index (χ0v) is 7.60. The van der Waals surface area contributed by atoms with E-state index in [1.165, 1.54) is 0 Å². The first-order chi connectivity index (χ1) is 6.27. The van der Waals surface area contributed by atoms with E-state index >= 15 is 0 Å². The molecule has 4 heteroatoms. The van der Waals surface area contributed by atoms with Crippen molar-refractivity contribution in [2.75, 3.05) is 6.61 Å². The first-order valence-electron chi connectivity index (χ1n) is 4.35. The summed E-state index contributed by atoms with van der Waals surface area (Å²) in [6.45, 7) is 0.746. The lowest BCUT2D eigenvalue weighted by Crippen LogP contribution is -2.14. The van der Waals surface area contributed by atoms with Gasteiger partial charge in [-0.2, -0.15) is 5.10 Å². The fourth-order valence-corrected chi connectivity index (χ4v) is 1.40. The molecule has 0 fully saturated rings. The number of hydrogen-bond donors (Lipinski definition) is 1. The van der Waals surface area contributed by atoms with Crippen LogP contribution in [0.25, 0.3) is 0 Å². The summed E-state index contributed by atoms with van der Waals surface area (Å²) in [6, 6.07) is 1.70. The molecule has 0 bridgehead atoms. The fourth-order valence-electron chi connectivity index (χ4n) is 1.40. The summed E-state index contributed by atoms with van der Waals surface area (Å²) in [5.74, 6) is 0.846. The molecule has 2 heterocycles. The number of nitrogens with zero attached hydrogens (tertiary/aromatic N) is 2. The molecule has 0 radical (unpaired) electrons. The van der Waals surface area contributed by atoms with Crippen LogP contribution in [0, 0.1) is 0 Å². The summed E-state index contributed by atoms with van der Waals surface area (Å²) >= 11 is 0. The SMILES string of the molecule is Cn1ccc(C(N)C2=CCCO2)n1. The summed E-state index contributed by atoms with van der Waals surface area (Å²) in [7, 11) is 1.88. The molecule has 0 aromatic carbocycles. The average Bonchev–Trinajstić information content (AvgIpc) is 2.72. The Morgan fingerprint density at radius 1 is 1.69 bits per heavy atom. The summed E-state index contributed by atoms with van der Waals surface area (Å²) in [5, 5.41) is 4.23. The molecule has 70 valence electrons. The van der Waals surface area contributed by atoms with Crippen molar-refractivity contribution in [3.8, 4) is 0 Å². The van der Waals surface area contributed by atoms with E-state index in [9.17, 15) is 0 Å². The molecule has 1 aliphatic rings. The van der Waals surface area contributed by atoms with Crippen molar-refractivity contribution < 1.29 is 4.74 Å². The number of rotatable bonds is 2. The lowest BCUT2D eigenvalue weighted by Gasteiger charge is -2.09. The molecule has 1 aliphatic heterocycles. The van der Waals surface area contributed by atoms with E-state index in [-0.39, 0.29) is 6.04 Å². The van der Waals surface area contributed by atoms with Gasteiger partial charge in [0.1, 0.15) is 11.8 Å².